The average Bonchev–Trinajstić information content (AvgIpc) is 2.41. The molecule has 122 valence electrons. The van der Waals surface area contributed by atoms with Gasteiger partial charge in [-0.25, -0.2) is 0 Å². The van der Waals surface area contributed by atoms with Crippen LogP contribution < -0.4 is 0 Å². The van der Waals surface area contributed by atoms with Crippen LogP contribution in [0.25, 0.3) is 0 Å². The summed E-state index contributed by atoms with van der Waals surface area (Å²) in [6, 6.07) is 6.09. The molecule has 0 saturated heterocycles. The zero-order valence-electron chi connectivity index (χ0n) is 11.7. The van der Waals surface area contributed by atoms with Gasteiger partial charge < -0.3 is 15.3 Å². The molecular formula is C14H15ClF3NO3. The lowest BCUT2D eigenvalue weighted by molar-refractivity contribution is -0.187. The Hall–Kier alpha value is -1.44. The summed E-state index contributed by atoms with van der Waals surface area (Å²) in [6.07, 6.45) is -7.40. The summed E-state index contributed by atoms with van der Waals surface area (Å²) in [6.45, 7) is 1.37. The van der Waals surface area contributed by atoms with Crippen LogP contribution in [0.15, 0.2) is 24.3 Å². The third-order valence-electron chi connectivity index (χ3n) is 2.87. The van der Waals surface area contributed by atoms with E-state index in [1.807, 2.05) is 0 Å². The number of aliphatic hydroxyl groups is 1. The van der Waals surface area contributed by atoms with Crippen LogP contribution in [0.5, 0.6) is 0 Å². The van der Waals surface area contributed by atoms with Crippen molar-refractivity contribution in [2.75, 3.05) is 6.61 Å². The summed E-state index contributed by atoms with van der Waals surface area (Å²) in [5.41, 5.74) is -0.0799. The van der Waals surface area contributed by atoms with Gasteiger partial charge in [0.25, 0.3) is 0 Å². The van der Waals surface area contributed by atoms with Crippen LogP contribution in [0.3, 0.4) is 0 Å². The molecular weight excluding hydrogens is 323 g/mol. The largest absolute Gasteiger partial charge is 0.450 e. The van der Waals surface area contributed by atoms with Crippen molar-refractivity contribution < 1.29 is 27.8 Å². The third-order valence-corrected chi connectivity index (χ3v) is 3.12. The number of nitrogens with one attached hydrogen (secondary N) is 1. The number of aliphatic hydroxyl groups excluding tert-OH is 1. The minimum absolute atomic E-state index is 0.0863. The number of rotatable bonds is 7. The van der Waals surface area contributed by atoms with Gasteiger partial charge in [0.1, 0.15) is 5.92 Å². The molecule has 0 saturated carbocycles. The number of carbonyl (C=O) groups excluding carboxylic acids is 1. The molecule has 2 atom stereocenters. The molecule has 8 heteroatoms. The van der Waals surface area contributed by atoms with Crippen LogP contribution in [0, 0.1) is 11.3 Å². The predicted molar refractivity (Wildman–Crippen MR) is 75.1 cm³/mol. The highest BCUT2D eigenvalue weighted by Crippen LogP contribution is 2.25. The highest BCUT2D eigenvalue weighted by molar-refractivity contribution is 6.30. The molecule has 0 radical (unpaired) electrons. The van der Waals surface area contributed by atoms with Gasteiger partial charge in [-0.05, 0) is 24.6 Å². The zero-order chi connectivity index (χ0) is 16.9. The van der Waals surface area contributed by atoms with Crippen molar-refractivity contribution >= 4 is 23.1 Å². The van der Waals surface area contributed by atoms with Crippen molar-refractivity contribution in [2.24, 2.45) is 5.92 Å². The van der Waals surface area contributed by atoms with Gasteiger partial charge in [-0.15, -0.1) is 0 Å². The molecule has 4 nitrogen and oxygen atoms in total. The molecule has 0 aliphatic heterocycles. The smallest absolute Gasteiger partial charge is 0.367 e. The SMILES string of the molecule is CCOC(O)C(C(=N)Cc1ccc(Cl)cc1)C(=O)C(F)(F)F. The van der Waals surface area contributed by atoms with Crippen molar-refractivity contribution in [3.05, 3.63) is 34.9 Å². The van der Waals surface area contributed by atoms with E-state index in [4.69, 9.17) is 17.0 Å². The first-order valence-corrected chi connectivity index (χ1v) is 6.77. The Labute approximate surface area is 130 Å². The summed E-state index contributed by atoms with van der Waals surface area (Å²) in [4.78, 5) is 11.4. The maximum absolute atomic E-state index is 12.6. The standard InChI is InChI=1S/C14H15ClF3NO3/c1-2-22-13(21)11(12(20)14(16,17)18)10(19)7-8-3-5-9(15)6-4-8/h3-6,11,13,19,21H,2,7H2,1H3. The molecule has 0 amide bonds. The number of alkyl halides is 3. The fourth-order valence-electron chi connectivity index (χ4n) is 1.84. The molecule has 0 bridgehead atoms. The minimum Gasteiger partial charge on any atom is -0.367 e. The Bertz CT molecular complexity index is 531. The summed E-state index contributed by atoms with van der Waals surface area (Å²) < 4.78 is 42.5. The molecule has 1 aromatic carbocycles. The molecule has 0 heterocycles. The van der Waals surface area contributed by atoms with E-state index in [0.29, 0.717) is 10.6 Å². The summed E-state index contributed by atoms with van der Waals surface area (Å²) >= 11 is 5.70. The van der Waals surface area contributed by atoms with Gasteiger partial charge in [0, 0.05) is 23.8 Å². The van der Waals surface area contributed by atoms with Crippen LogP contribution in [-0.4, -0.2) is 35.7 Å². The lowest BCUT2D eigenvalue weighted by Gasteiger charge is -2.23. The molecule has 0 fully saturated rings. The summed E-state index contributed by atoms with van der Waals surface area (Å²) in [7, 11) is 0. The van der Waals surface area contributed by atoms with Gasteiger partial charge in [-0.2, -0.15) is 13.2 Å². The van der Waals surface area contributed by atoms with Crippen LogP contribution in [-0.2, 0) is 16.0 Å². The molecule has 0 spiro atoms. The average molecular weight is 338 g/mol. The number of ketones is 1. The zero-order valence-corrected chi connectivity index (χ0v) is 12.4. The monoisotopic (exact) mass is 337 g/mol. The molecule has 0 aliphatic rings. The van der Waals surface area contributed by atoms with Crippen molar-refractivity contribution in [2.45, 2.75) is 25.8 Å². The van der Waals surface area contributed by atoms with E-state index in [-0.39, 0.29) is 13.0 Å². The Balaban J connectivity index is 2.97. The Morgan fingerprint density at radius 1 is 1.36 bits per heavy atom. The van der Waals surface area contributed by atoms with Crippen molar-refractivity contribution in [3.8, 4) is 0 Å². The van der Waals surface area contributed by atoms with E-state index in [1.54, 1.807) is 0 Å². The first-order chi connectivity index (χ1) is 10.2. The van der Waals surface area contributed by atoms with E-state index >= 15 is 0 Å². The van der Waals surface area contributed by atoms with E-state index in [1.165, 1.54) is 31.2 Å². The quantitative estimate of drug-likeness (QED) is 0.593. The molecule has 22 heavy (non-hydrogen) atoms. The van der Waals surface area contributed by atoms with E-state index in [9.17, 15) is 23.1 Å². The van der Waals surface area contributed by atoms with Crippen LogP contribution in [0.2, 0.25) is 5.02 Å². The highest BCUT2D eigenvalue weighted by atomic mass is 35.5. The molecule has 0 aromatic heterocycles. The lowest BCUT2D eigenvalue weighted by Crippen LogP contribution is -2.44. The van der Waals surface area contributed by atoms with Gasteiger partial charge in [0.05, 0.1) is 0 Å². The van der Waals surface area contributed by atoms with Gasteiger partial charge in [0.15, 0.2) is 6.29 Å². The maximum atomic E-state index is 12.6. The van der Waals surface area contributed by atoms with Gasteiger partial charge >= 0.3 is 6.18 Å². The first kappa shape index (κ1) is 18.6. The van der Waals surface area contributed by atoms with Crippen molar-refractivity contribution in [1.82, 2.24) is 0 Å². The van der Waals surface area contributed by atoms with Crippen molar-refractivity contribution in [3.63, 3.8) is 0 Å². The van der Waals surface area contributed by atoms with Crippen LogP contribution >= 0.6 is 11.6 Å². The van der Waals surface area contributed by atoms with Crippen LogP contribution in [0.1, 0.15) is 12.5 Å². The van der Waals surface area contributed by atoms with Gasteiger partial charge in [0.2, 0.25) is 5.78 Å². The van der Waals surface area contributed by atoms with E-state index in [2.05, 4.69) is 4.74 Å². The maximum Gasteiger partial charge on any atom is 0.450 e. The Morgan fingerprint density at radius 3 is 2.36 bits per heavy atom. The predicted octanol–water partition coefficient (Wildman–Crippen LogP) is 3.00. The topological polar surface area (TPSA) is 70.4 Å². The van der Waals surface area contributed by atoms with Gasteiger partial charge in [-0.3, -0.25) is 4.79 Å². The normalized spacial score (nSPS) is 14.5. The number of benzene rings is 1. The number of hydrogen-bond donors (Lipinski definition) is 2. The number of hydrogen-bond acceptors (Lipinski definition) is 4. The van der Waals surface area contributed by atoms with Crippen molar-refractivity contribution in [1.29, 1.82) is 5.41 Å². The van der Waals surface area contributed by atoms with Crippen LogP contribution in [0.4, 0.5) is 13.2 Å². The Kier molecular flexibility index (Phi) is 6.52. The second kappa shape index (κ2) is 7.71. The third kappa shape index (κ3) is 5.08. The Morgan fingerprint density at radius 2 is 1.91 bits per heavy atom. The number of ether oxygens (including phenoxy) is 1. The second-order valence-electron chi connectivity index (χ2n) is 4.51. The number of Topliss-reactive ketones (excluding diaryl/α,β-unsaturated/α-hetero) is 1. The molecule has 1 aromatic rings. The van der Waals surface area contributed by atoms with Gasteiger partial charge in [-0.1, -0.05) is 23.7 Å². The lowest BCUT2D eigenvalue weighted by atomic mass is 9.92. The number of halogens is 4. The molecule has 0 aliphatic carbocycles. The second-order valence-corrected chi connectivity index (χ2v) is 4.95. The summed E-state index contributed by atoms with van der Waals surface area (Å²) in [5, 5.41) is 17.8. The molecule has 2 unspecified atom stereocenters. The first-order valence-electron chi connectivity index (χ1n) is 6.39. The highest BCUT2D eigenvalue weighted by Gasteiger charge is 2.48. The molecule has 1 rings (SSSR count). The van der Waals surface area contributed by atoms with E-state index in [0.717, 1.165) is 0 Å². The fraction of sp³-hybridized carbons (Fsp3) is 0.429. The number of carbonyl (C=O) groups is 1. The minimum atomic E-state index is -5.16. The fourth-order valence-corrected chi connectivity index (χ4v) is 1.96. The summed E-state index contributed by atoms with van der Waals surface area (Å²) in [5.74, 6) is -4.29. The van der Waals surface area contributed by atoms with E-state index < -0.39 is 29.9 Å². The molecule has 2 N–H and O–H groups in total.